The number of hydrogen-bond donors (Lipinski definition) is 1. The van der Waals surface area contributed by atoms with Crippen molar-refractivity contribution in [3.05, 3.63) is 18.0 Å². The van der Waals surface area contributed by atoms with Gasteiger partial charge in [-0.3, -0.25) is 4.68 Å². The maximum Gasteiger partial charge on any atom is 0.0939 e. The van der Waals surface area contributed by atoms with E-state index in [4.69, 9.17) is 0 Å². The highest BCUT2D eigenvalue weighted by atomic mass is 16.3. The van der Waals surface area contributed by atoms with Gasteiger partial charge in [0.15, 0.2) is 0 Å². The summed E-state index contributed by atoms with van der Waals surface area (Å²) in [4.78, 5) is 2.45. The van der Waals surface area contributed by atoms with Crippen LogP contribution in [0.25, 0.3) is 0 Å². The Hall–Kier alpha value is -0.870. The maximum atomic E-state index is 10.9. The van der Waals surface area contributed by atoms with E-state index in [-0.39, 0.29) is 0 Å². The van der Waals surface area contributed by atoms with Gasteiger partial charge in [0.25, 0.3) is 0 Å². The molecule has 4 nitrogen and oxygen atoms in total. The van der Waals surface area contributed by atoms with E-state index in [1.54, 1.807) is 0 Å². The molecule has 18 heavy (non-hydrogen) atoms. The number of hydrogen-bond acceptors (Lipinski definition) is 3. The zero-order valence-electron chi connectivity index (χ0n) is 11.8. The summed E-state index contributed by atoms with van der Waals surface area (Å²) < 4.78 is 1.89. The van der Waals surface area contributed by atoms with Crippen LogP contribution in [-0.2, 0) is 12.1 Å². The van der Waals surface area contributed by atoms with Crippen molar-refractivity contribution < 1.29 is 5.11 Å². The molecule has 0 spiro atoms. The minimum absolute atomic E-state index is 0.561. The fourth-order valence-electron chi connectivity index (χ4n) is 2.72. The molecule has 102 valence electrons. The molecule has 1 atom stereocenters. The first kappa shape index (κ1) is 13.6. The van der Waals surface area contributed by atoms with E-state index in [0.29, 0.717) is 6.04 Å². The summed E-state index contributed by atoms with van der Waals surface area (Å²) in [7, 11) is 0. The van der Waals surface area contributed by atoms with E-state index in [1.165, 1.54) is 0 Å². The lowest BCUT2D eigenvalue weighted by Gasteiger charge is -2.27. The molecule has 0 aromatic carbocycles. The molecule has 1 aromatic rings. The third kappa shape index (κ3) is 2.75. The number of likely N-dealkylation sites (tertiary alicyclic amines) is 1. The monoisotopic (exact) mass is 251 g/mol. The van der Waals surface area contributed by atoms with Crippen LogP contribution in [0.3, 0.4) is 0 Å². The second-order valence-electron chi connectivity index (χ2n) is 5.60. The van der Waals surface area contributed by atoms with E-state index in [9.17, 15) is 5.11 Å². The molecule has 2 heterocycles. The van der Waals surface area contributed by atoms with Crippen LogP contribution in [0.1, 0.15) is 45.6 Å². The smallest absolute Gasteiger partial charge is 0.0939 e. The van der Waals surface area contributed by atoms with Gasteiger partial charge in [0.2, 0.25) is 0 Å². The Morgan fingerprint density at radius 2 is 2.17 bits per heavy atom. The third-order valence-corrected chi connectivity index (χ3v) is 4.07. The van der Waals surface area contributed by atoms with Gasteiger partial charge in [0.05, 0.1) is 11.8 Å². The Kier molecular flexibility index (Phi) is 4.07. The lowest BCUT2D eigenvalue weighted by molar-refractivity contribution is 0.0203. The summed E-state index contributed by atoms with van der Waals surface area (Å²) in [5.41, 5.74) is 0.298. The first-order valence-corrected chi connectivity index (χ1v) is 7.04. The quantitative estimate of drug-likeness (QED) is 0.893. The first-order chi connectivity index (χ1) is 8.55. The van der Waals surface area contributed by atoms with Gasteiger partial charge in [-0.1, -0.05) is 0 Å². The van der Waals surface area contributed by atoms with E-state index < -0.39 is 5.60 Å². The fraction of sp³-hybridized carbons (Fsp3) is 0.786. The minimum atomic E-state index is -0.683. The minimum Gasteiger partial charge on any atom is -0.385 e. The Balaban J connectivity index is 2.11. The molecule has 1 aliphatic heterocycles. The van der Waals surface area contributed by atoms with E-state index >= 15 is 0 Å². The normalized spacial score (nSPS) is 26.5. The van der Waals surface area contributed by atoms with Crippen molar-refractivity contribution >= 4 is 0 Å². The number of aromatic nitrogens is 2. The van der Waals surface area contributed by atoms with Crippen LogP contribution in [0, 0.1) is 0 Å². The molecule has 4 heteroatoms. The van der Waals surface area contributed by atoms with Gasteiger partial charge in [0, 0.05) is 30.9 Å². The van der Waals surface area contributed by atoms with Crippen LogP contribution in [0.2, 0.25) is 0 Å². The Morgan fingerprint density at radius 1 is 1.39 bits per heavy atom. The summed E-state index contributed by atoms with van der Waals surface area (Å²) in [5, 5.41) is 15.1. The number of aliphatic hydroxyl groups is 1. The van der Waals surface area contributed by atoms with Gasteiger partial charge >= 0.3 is 0 Å². The van der Waals surface area contributed by atoms with E-state index in [1.807, 2.05) is 17.1 Å². The highest BCUT2D eigenvalue weighted by Gasteiger charge is 2.33. The highest BCUT2D eigenvalue weighted by Crippen LogP contribution is 2.32. The lowest BCUT2D eigenvalue weighted by atomic mass is 9.89. The van der Waals surface area contributed by atoms with Gasteiger partial charge < -0.3 is 10.0 Å². The zero-order valence-corrected chi connectivity index (χ0v) is 11.8. The molecule has 0 aliphatic carbocycles. The van der Waals surface area contributed by atoms with Gasteiger partial charge in [0.1, 0.15) is 0 Å². The van der Waals surface area contributed by atoms with E-state index in [2.05, 4.69) is 30.8 Å². The van der Waals surface area contributed by atoms with Crippen LogP contribution in [0.5, 0.6) is 0 Å². The summed E-state index contributed by atoms with van der Waals surface area (Å²) in [6, 6.07) is 0.561. The maximum absolute atomic E-state index is 10.9. The SMILES string of the molecule is CCn1cc(C2(O)CCCN(C(C)C)CC2)cn1. The summed E-state index contributed by atoms with van der Waals surface area (Å²) in [6.07, 6.45) is 6.51. The van der Waals surface area contributed by atoms with Crippen LogP contribution >= 0.6 is 0 Å². The topological polar surface area (TPSA) is 41.3 Å². The largest absolute Gasteiger partial charge is 0.385 e. The standard InChI is InChI=1S/C14H25N3O/c1-4-17-11-13(10-15-17)14(18)6-5-8-16(9-7-14)12(2)3/h10-12,18H,4-9H2,1-3H3. The fourth-order valence-corrected chi connectivity index (χ4v) is 2.72. The molecule has 0 amide bonds. The molecule has 1 N–H and O–H groups in total. The van der Waals surface area contributed by atoms with Gasteiger partial charge in [-0.05, 0) is 46.6 Å². The van der Waals surface area contributed by atoms with Crippen LogP contribution in [0.15, 0.2) is 12.4 Å². The average Bonchev–Trinajstić information content (AvgIpc) is 2.74. The van der Waals surface area contributed by atoms with E-state index in [0.717, 1.165) is 44.5 Å². The van der Waals surface area contributed by atoms with Crippen molar-refractivity contribution in [1.82, 2.24) is 14.7 Å². The van der Waals surface area contributed by atoms with Crippen LogP contribution in [-0.4, -0.2) is 38.9 Å². The Labute approximate surface area is 110 Å². The molecule has 0 radical (unpaired) electrons. The van der Waals surface area contributed by atoms with Gasteiger partial charge in [-0.2, -0.15) is 5.10 Å². The molecule has 2 rings (SSSR count). The second kappa shape index (κ2) is 5.41. The van der Waals surface area contributed by atoms with Crippen LogP contribution < -0.4 is 0 Å². The zero-order chi connectivity index (χ0) is 13.2. The summed E-state index contributed by atoms with van der Waals surface area (Å²) in [6.45, 7) is 9.41. The lowest BCUT2D eigenvalue weighted by Crippen LogP contribution is -2.33. The molecule has 1 fully saturated rings. The van der Waals surface area contributed by atoms with Crippen molar-refractivity contribution in [3.8, 4) is 0 Å². The molecule has 0 bridgehead atoms. The molecule has 0 saturated carbocycles. The molecule has 1 saturated heterocycles. The van der Waals surface area contributed by atoms with Gasteiger partial charge in [-0.15, -0.1) is 0 Å². The number of aryl methyl sites for hydroxylation is 1. The van der Waals surface area contributed by atoms with Crippen molar-refractivity contribution in [2.24, 2.45) is 0 Å². The Morgan fingerprint density at radius 3 is 2.78 bits per heavy atom. The predicted octanol–water partition coefficient (Wildman–Crippen LogP) is 1.98. The van der Waals surface area contributed by atoms with Crippen molar-refractivity contribution in [2.45, 2.75) is 58.2 Å². The van der Waals surface area contributed by atoms with Gasteiger partial charge in [-0.25, -0.2) is 0 Å². The molecular formula is C14H25N3O. The molecule has 1 aliphatic rings. The number of nitrogens with zero attached hydrogens (tertiary/aromatic N) is 3. The third-order valence-electron chi connectivity index (χ3n) is 4.07. The molecular weight excluding hydrogens is 226 g/mol. The van der Waals surface area contributed by atoms with Crippen molar-refractivity contribution in [1.29, 1.82) is 0 Å². The Bertz CT molecular complexity index is 388. The highest BCUT2D eigenvalue weighted by molar-refractivity contribution is 5.15. The van der Waals surface area contributed by atoms with Crippen molar-refractivity contribution in [3.63, 3.8) is 0 Å². The first-order valence-electron chi connectivity index (χ1n) is 7.04. The summed E-state index contributed by atoms with van der Waals surface area (Å²) in [5.74, 6) is 0. The number of rotatable bonds is 3. The molecule has 1 unspecified atom stereocenters. The summed E-state index contributed by atoms with van der Waals surface area (Å²) >= 11 is 0. The predicted molar refractivity (Wildman–Crippen MR) is 72.4 cm³/mol. The van der Waals surface area contributed by atoms with Crippen molar-refractivity contribution in [2.75, 3.05) is 13.1 Å². The second-order valence-corrected chi connectivity index (χ2v) is 5.60. The molecule has 1 aromatic heterocycles. The van der Waals surface area contributed by atoms with Crippen LogP contribution in [0.4, 0.5) is 0 Å². The average molecular weight is 251 g/mol.